The molecule has 6 heteroatoms. The number of benzene rings is 1. The molecule has 1 unspecified atom stereocenters. The van der Waals surface area contributed by atoms with Crippen molar-refractivity contribution < 1.29 is 22.7 Å². The SMILES string of the molecule is O=C(OCC(F)(F)F)N1CCCC1Cc1ccccc1. The Morgan fingerprint density at radius 1 is 1.30 bits per heavy atom. The topological polar surface area (TPSA) is 29.5 Å². The first-order chi connectivity index (χ1) is 9.46. The van der Waals surface area contributed by atoms with Crippen LogP contribution in [-0.4, -0.2) is 36.4 Å². The van der Waals surface area contributed by atoms with Crippen molar-refractivity contribution in [1.82, 2.24) is 4.90 Å². The van der Waals surface area contributed by atoms with E-state index >= 15 is 0 Å². The van der Waals surface area contributed by atoms with Crippen LogP contribution in [0.25, 0.3) is 0 Å². The van der Waals surface area contributed by atoms with Crippen molar-refractivity contribution in [3.05, 3.63) is 35.9 Å². The average Bonchev–Trinajstić information content (AvgIpc) is 2.84. The van der Waals surface area contributed by atoms with Crippen LogP contribution in [-0.2, 0) is 11.2 Å². The van der Waals surface area contributed by atoms with Crippen LogP contribution in [0.15, 0.2) is 30.3 Å². The highest BCUT2D eigenvalue weighted by Crippen LogP contribution is 2.23. The molecule has 1 aromatic rings. The zero-order chi connectivity index (χ0) is 14.6. The minimum absolute atomic E-state index is 0.0851. The van der Waals surface area contributed by atoms with Gasteiger partial charge in [0.05, 0.1) is 0 Å². The summed E-state index contributed by atoms with van der Waals surface area (Å²) < 4.78 is 40.5. The zero-order valence-electron chi connectivity index (χ0n) is 10.9. The summed E-state index contributed by atoms with van der Waals surface area (Å²) in [5.74, 6) is 0. The Balaban J connectivity index is 1.92. The van der Waals surface area contributed by atoms with Crippen LogP contribution in [0.4, 0.5) is 18.0 Å². The van der Waals surface area contributed by atoms with Gasteiger partial charge in [-0.2, -0.15) is 13.2 Å². The van der Waals surface area contributed by atoms with Crippen molar-refractivity contribution in [2.75, 3.05) is 13.2 Å². The molecule has 1 saturated heterocycles. The molecular weight excluding hydrogens is 271 g/mol. The number of carbonyl (C=O) groups is 1. The number of likely N-dealkylation sites (tertiary alicyclic amines) is 1. The van der Waals surface area contributed by atoms with E-state index in [1.807, 2.05) is 30.3 Å². The Hall–Kier alpha value is -1.72. The molecule has 0 saturated carbocycles. The van der Waals surface area contributed by atoms with Crippen LogP contribution in [0, 0.1) is 0 Å². The van der Waals surface area contributed by atoms with Gasteiger partial charge in [0, 0.05) is 12.6 Å². The van der Waals surface area contributed by atoms with Crippen molar-refractivity contribution in [2.24, 2.45) is 0 Å². The van der Waals surface area contributed by atoms with E-state index in [0.29, 0.717) is 13.0 Å². The highest BCUT2D eigenvalue weighted by molar-refractivity contribution is 5.68. The molecule has 0 radical (unpaired) electrons. The summed E-state index contributed by atoms with van der Waals surface area (Å²) in [5.41, 5.74) is 1.06. The molecule has 1 aliphatic rings. The molecule has 1 aliphatic heterocycles. The molecule has 3 nitrogen and oxygen atoms in total. The minimum atomic E-state index is -4.48. The number of rotatable bonds is 3. The van der Waals surface area contributed by atoms with Gasteiger partial charge in [-0.25, -0.2) is 4.79 Å². The molecular formula is C14H16F3NO2. The lowest BCUT2D eigenvalue weighted by atomic mass is 10.0. The summed E-state index contributed by atoms with van der Waals surface area (Å²) >= 11 is 0. The van der Waals surface area contributed by atoms with Crippen molar-refractivity contribution >= 4 is 6.09 Å². The van der Waals surface area contributed by atoms with Gasteiger partial charge < -0.3 is 9.64 Å². The van der Waals surface area contributed by atoms with Crippen LogP contribution in [0.1, 0.15) is 18.4 Å². The molecule has 0 N–H and O–H groups in total. The van der Waals surface area contributed by atoms with Crippen LogP contribution >= 0.6 is 0 Å². The summed E-state index contributed by atoms with van der Waals surface area (Å²) in [7, 11) is 0. The maximum absolute atomic E-state index is 12.1. The van der Waals surface area contributed by atoms with E-state index in [0.717, 1.165) is 18.4 Å². The number of nitrogens with zero attached hydrogens (tertiary/aromatic N) is 1. The quantitative estimate of drug-likeness (QED) is 0.852. The first-order valence-corrected chi connectivity index (χ1v) is 6.50. The molecule has 110 valence electrons. The van der Waals surface area contributed by atoms with Gasteiger partial charge >= 0.3 is 12.3 Å². The van der Waals surface area contributed by atoms with E-state index in [2.05, 4.69) is 4.74 Å². The van der Waals surface area contributed by atoms with Gasteiger partial charge in [-0.3, -0.25) is 0 Å². The van der Waals surface area contributed by atoms with Crippen molar-refractivity contribution in [1.29, 1.82) is 0 Å². The summed E-state index contributed by atoms with van der Waals surface area (Å²) in [4.78, 5) is 13.1. The van der Waals surface area contributed by atoms with E-state index in [1.165, 1.54) is 4.90 Å². The molecule has 1 atom stereocenters. The summed E-state index contributed by atoms with van der Waals surface area (Å²) in [5, 5.41) is 0. The standard InChI is InChI=1S/C14H16F3NO2/c15-14(16,17)10-20-13(19)18-8-4-7-12(18)9-11-5-2-1-3-6-11/h1-3,5-6,12H,4,7-10H2. The fraction of sp³-hybridized carbons (Fsp3) is 0.500. The van der Waals surface area contributed by atoms with Gasteiger partial charge in [-0.15, -0.1) is 0 Å². The maximum atomic E-state index is 12.1. The second-order valence-electron chi connectivity index (χ2n) is 4.85. The zero-order valence-corrected chi connectivity index (χ0v) is 10.9. The molecule has 1 aromatic carbocycles. The average molecular weight is 287 g/mol. The Labute approximate surface area is 115 Å². The lowest BCUT2D eigenvalue weighted by Gasteiger charge is -2.24. The maximum Gasteiger partial charge on any atom is 0.422 e. The summed E-state index contributed by atoms with van der Waals surface area (Å²) in [6.45, 7) is -1.07. The number of halogens is 3. The van der Waals surface area contributed by atoms with Crippen molar-refractivity contribution in [3.63, 3.8) is 0 Å². The molecule has 1 fully saturated rings. The highest BCUT2D eigenvalue weighted by Gasteiger charge is 2.34. The van der Waals surface area contributed by atoms with Gasteiger partial charge in [-0.1, -0.05) is 30.3 Å². The molecule has 0 aliphatic carbocycles. The monoisotopic (exact) mass is 287 g/mol. The van der Waals surface area contributed by atoms with Crippen LogP contribution in [0.3, 0.4) is 0 Å². The molecule has 1 amide bonds. The largest absolute Gasteiger partial charge is 0.440 e. The predicted octanol–water partition coefficient (Wildman–Crippen LogP) is 3.39. The lowest BCUT2D eigenvalue weighted by molar-refractivity contribution is -0.162. The van der Waals surface area contributed by atoms with E-state index < -0.39 is 18.9 Å². The molecule has 0 bridgehead atoms. The summed E-state index contributed by atoms with van der Waals surface area (Å²) in [6.07, 6.45) is -3.14. The molecule has 2 rings (SSSR count). The molecule has 20 heavy (non-hydrogen) atoms. The van der Waals surface area contributed by atoms with E-state index in [4.69, 9.17) is 0 Å². The van der Waals surface area contributed by atoms with Crippen LogP contribution < -0.4 is 0 Å². The minimum Gasteiger partial charge on any atom is -0.440 e. The fourth-order valence-corrected chi connectivity index (χ4v) is 2.40. The van der Waals surface area contributed by atoms with Gasteiger partial charge in [0.1, 0.15) is 0 Å². The van der Waals surface area contributed by atoms with E-state index in [-0.39, 0.29) is 6.04 Å². The van der Waals surface area contributed by atoms with Gasteiger partial charge in [-0.05, 0) is 24.8 Å². The Bertz CT molecular complexity index is 447. The molecule has 0 aromatic heterocycles. The number of hydrogen-bond acceptors (Lipinski definition) is 2. The fourth-order valence-electron chi connectivity index (χ4n) is 2.40. The van der Waals surface area contributed by atoms with Crippen molar-refractivity contribution in [2.45, 2.75) is 31.5 Å². The smallest absolute Gasteiger partial charge is 0.422 e. The van der Waals surface area contributed by atoms with Crippen LogP contribution in [0.2, 0.25) is 0 Å². The van der Waals surface area contributed by atoms with E-state index in [9.17, 15) is 18.0 Å². The predicted molar refractivity (Wildman–Crippen MR) is 67.3 cm³/mol. The number of alkyl halides is 3. The molecule has 0 spiro atoms. The second-order valence-corrected chi connectivity index (χ2v) is 4.85. The lowest BCUT2D eigenvalue weighted by Crippen LogP contribution is -2.38. The van der Waals surface area contributed by atoms with Gasteiger partial charge in [0.15, 0.2) is 6.61 Å². The highest BCUT2D eigenvalue weighted by atomic mass is 19.4. The third-order valence-corrected chi connectivity index (χ3v) is 3.29. The number of ether oxygens (including phenoxy) is 1. The number of hydrogen-bond donors (Lipinski definition) is 0. The number of carbonyl (C=O) groups excluding carboxylic acids is 1. The second kappa shape index (κ2) is 6.15. The third-order valence-electron chi connectivity index (χ3n) is 3.29. The third kappa shape index (κ3) is 4.15. The molecule has 1 heterocycles. The normalized spacial score (nSPS) is 19.1. The van der Waals surface area contributed by atoms with E-state index in [1.54, 1.807) is 0 Å². The first kappa shape index (κ1) is 14.7. The Morgan fingerprint density at radius 3 is 2.65 bits per heavy atom. The summed E-state index contributed by atoms with van der Waals surface area (Å²) in [6, 6.07) is 9.49. The van der Waals surface area contributed by atoms with Crippen LogP contribution in [0.5, 0.6) is 0 Å². The first-order valence-electron chi connectivity index (χ1n) is 6.50. The Kier molecular flexibility index (Phi) is 4.52. The van der Waals surface area contributed by atoms with Crippen molar-refractivity contribution in [3.8, 4) is 0 Å². The van der Waals surface area contributed by atoms with Gasteiger partial charge in [0.2, 0.25) is 0 Å². The van der Waals surface area contributed by atoms with Gasteiger partial charge in [0.25, 0.3) is 0 Å². The Morgan fingerprint density at radius 2 is 2.00 bits per heavy atom. The number of amides is 1.